The Morgan fingerprint density at radius 3 is 2.38 bits per heavy atom. The predicted molar refractivity (Wildman–Crippen MR) is 85.9 cm³/mol. The van der Waals surface area contributed by atoms with E-state index in [0.29, 0.717) is 29.2 Å². The first-order valence-corrected chi connectivity index (χ1v) is 8.67. The molecule has 21 heavy (non-hydrogen) atoms. The standard InChI is InChI=1S/C15H25N3O2S/c1-10-8-11(2)15(13(4)14(10)16)21(19,20)18-7-6-17(5)12(3)9-18/h8,12H,6-7,9,16H2,1-5H3. The molecule has 0 saturated carbocycles. The number of aryl methyl sites for hydroxylation is 2. The molecule has 6 heteroatoms. The van der Waals surface area contributed by atoms with Crippen molar-refractivity contribution in [3.8, 4) is 0 Å². The van der Waals surface area contributed by atoms with Crippen molar-refractivity contribution in [2.45, 2.75) is 38.6 Å². The Morgan fingerprint density at radius 2 is 1.81 bits per heavy atom. The van der Waals surface area contributed by atoms with Gasteiger partial charge < -0.3 is 10.6 Å². The van der Waals surface area contributed by atoms with Crippen molar-refractivity contribution >= 4 is 15.7 Å². The van der Waals surface area contributed by atoms with Crippen LogP contribution < -0.4 is 5.73 Å². The van der Waals surface area contributed by atoms with Gasteiger partial charge in [0.2, 0.25) is 10.0 Å². The van der Waals surface area contributed by atoms with Gasteiger partial charge in [-0.2, -0.15) is 4.31 Å². The van der Waals surface area contributed by atoms with E-state index in [2.05, 4.69) is 4.90 Å². The van der Waals surface area contributed by atoms with Gasteiger partial charge in [-0.15, -0.1) is 0 Å². The summed E-state index contributed by atoms with van der Waals surface area (Å²) >= 11 is 0. The number of hydrogen-bond donors (Lipinski definition) is 1. The summed E-state index contributed by atoms with van der Waals surface area (Å²) in [5.74, 6) is 0. The van der Waals surface area contributed by atoms with Gasteiger partial charge in [0.15, 0.2) is 0 Å². The van der Waals surface area contributed by atoms with Crippen LogP contribution in [0, 0.1) is 20.8 Å². The van der Waals surface area contributed by atoms with Crippen molar-refractivity contribution in [2.75, 3.05) is 32.4 Å². The lowest BCUT2D eigenvalue weighted by Crippen LogP contribution is -2.52. The van der Waals surface area contributed by atoms with Gasteiger partial charge in [0.25, 0.3) is 0 Å². The first-order chi connectivity index (χ1) is 9.66. The summed E-state index contributed by atoms with van der Waals surface area (Å²) in [7, 11) is -1.47. The fourth-order valence-electron chi connectivity index (χ4n) is 2.94. The van der Waals surface area contributed by atoms with Gasteiger partial charge >= 0.3 is 0 Å². The molecule has 0 spiro atoms. The zero-order chi connectivity index (χ0) is 15.9. The number of nitrogen functional groups attached to an aromatic ring is 1. The molecule has 1 unspecified atom stereocenters. The molecule has 1 aliphatic rings. The van der Waals surface area contributed by atoms with Gasteiger partial charge in [-0.25, -0.2) is 8.42 Å². The third-order valence-corrected chi connectivity index (χ3v) is 6.64. The Kier molecular flexibility index (Phi) is 4.33. The van der Waals surface area contributed by atoms with Crippen molar-refractivity contribution in [3.05, 3.63) is 22.8 Å². The van der Waals surface area contributed by atoms with Crippen molar-refractivity contribution in [3.63, 3.8) is 0 Å². The third-order valence-electron chi connectivity index (χ3n) is 4.48. The molecule has 0 radical (unpaired) electrons. The van der Waals surface area contributed by atoms with E-state index in [9.17, 15) is 8.42 Å². The smallest absolute Gasteiger partial charge is 0.243 e. The Bertz CT molecular complexity index is 655. The first kappa shape index (κ1) is 16.3. The summed E-state index contributed by atoms with van der Waals surface area (Å²) in [5, 5.41) is 0. The maximum atomic E-state index is 13.0. The molecular weight excluding hydrogens is 286 g/mol. The molecule has 0 aliphatic carbocycles. The average molecular weight is 311 g/mol. The molecule has 1 atom stereocenters. The van der Waals surface area contributed by atoms with Gasteiger partial charge in [-0.05, 0) is 51.4 Å². The number of nitrogens with two attached hydrogens (primary N) is 1. The lowest BCUT2D eigenvalue weighted by molar-refractivity contribution is 0.159. The predicted octanol–water partition coefficient (Wildman–Crippen LogP) is 1.52. The van der Waals surface area contributed by atoms with Gasteiger partial charge in [0.1, 0.15) is 0 Å². The van der Waals surface area contributed by atoms with Crippen LogP contribution in [0.25, 0.3) is 0 Å². The molecule has 5 nitrogen and oxygen atoms in total. The lowest BCUT2D eigenvalue weighted by Gasteiger charge is -2.37. The van der Waals surface area contributed by atoms with Crippen LogP contribution >= 0.6 is 0 Å². The number of likely N-dealkylation sites (N-methyl/N-ethyl adjacent to an activating group) is 1. The zero-order valence-electron chi connectivity index (χ0n) is 13.5. The zero-order valence-corrected chi connectivity index (χ0v) is 14.3. The second-order valence-corrected chi connectivity index (χ2v) is 7.95. The number of nitrogens with zero attached hydrogens (tertiary/aromatic N) is 2. The van der Waals surface area contributed by atoms with E-state index in [4.69, 9.17) is 5.73 Å². The van der Waals surface area contributed by atoms with E-state index in [0.717, 1.165) is 17.7 Å². The number of rotatable bonds is 2. The highest BCUT2D eigenvalue weighted by Gasteiger charge is 2.33. The molecule has 1 heterocycles. The summed E-state index contributed by atoms with van der Waals surface area (Å²) in [6.07, 6.45) is 0. The van der Waals surface area contributed by atoms with E-state index in [1.807, 2.05) is 33.9 Å². The minimum atomic E-state index is -3.49. The number of hydrogen-bond acceptors (Lipinski definition) is 4. The quantitative estimate of drug-likeness (QED) is 0.841. The van der Waals surface area contributed by atoms with Crippen molar-refractivity contribution in [1.29, 1.82) is 0 Å². The minimum Gasteiger partial charge on any atom is -0.398 e. The van der Waals surface area contributed by atoms with E-state index in [1.165, 1.54) is 0 Å². The van der Waals surface area contributed by atoms with Crippen LogP contribution in [-0.4, -0.2) is 50.3 Å². The molecule has 1 aliphatic heterocycles. The molecule has 1 aromatic rings. The van der Waals surface area contributed by atoms with Crippen LogP contribution in [0.3, 0.4) is 0 Å². The highest BCUT2D eigenvalue weighted by molar-refractivity contribution is 7.89. The summed E-state index contributed by atoms with van der Waals surface area (Å²) in [5.41, 5.74) is 8.97. The lowest BCUT2D eigenvalue weighted by atomic mass is 10.1. The third kappa shape index (κ3) is 2.80. The van der Waals surface area contributed by atoms with E-state index < -0.39 is 10.0 Å². The second-order valence-electron chi connectivity index (χ2n) is 6.07. The van der Waals surface area contributed by atoms with Crippen LogP contribution in [-0.2, 0) is 10.0 Å². The molecular formula is C15H25N3O2S. The van der Waals surface area contributed by atoms with E-state index in [-0.39, 0.29) is 6.04 Å². The fourth-order valence-corrected chi connectivity index (χ4v) is 4.90. The van der Waals surface area contributed by atoms with Crippen molar-refractivity contribution in [2.24, 2.45) is 0 Å². The van der Waals surface area contributed by atoms with E-state index >= 15 is 0 Å². The molecule has 2 rings (SSSR count). The minimum absolute atomic E-state index is 0.219. The van der Waals surface area contributed by atoms with Gasteiger partial charge in [0, 0.05) is 31.4 Å². The van der Waals surface area contributed by atoms with Crippen LogP contribution in [0.2, 0.25) is 0 Å². The number of piperazine rings is 1. The van der Waals surface area contributed by atoms with Gasteiger partial charge in [0.05, 0.1) is 4.90 Å². The molecule has 118 valence electrons. The van der Waals surface area contributed by atoms with E-state index in [1.54, 1.807) is 11.2 Å². The maximum Gasteiger partial charge on any atom is 0.243 e. The number of anilines is 1. The monoisotopic (exact) mass is 311 g/mol. The van der Waals surface area contributed by atoms with Gasteiger partial charge in [-0.3, -0.25) is 0 Å². The largest absolute Gasteiger partial charge is 0.398 e. The SMILES string of the molecule is Cc1cc(C)c(S(=O)(=O)N2CCN(C)C(C)C2)c(C)c1N. The Hall–Kier alpha value is -1.11. The molecule has 0 amide bonds. The summed E-state index contributed by atoms with van der Waals surface area (Å²) in [4.78, 5) is 2.55. The van der Waals surface area contributed by atoms with Crippen molar-refractivity contribution < 1.29 is 8.42 Å². The highest BCUT2D eigenvalue weighted by Crippen LogP contribution is 2.31. The Morgan fingerprint density at radius 1 is 1.19 bits per heavy atom. The molecule has 2 N–H and O–H groups in total. The number of benzene rings is 1. The topological polar surface area (TPSA) is 66.6 Å². The first-order valence-electron chi connectivity index (χ1n) is 7.23. The number of sulfonamides is 1. The summed E-state index contributed by atoms with van der Waals surface area (Å²) in [6, 6.07) is 2.08. The normalized spacial score (nSPS) is 21.7. The summed E-state index contributed by atoms with van der Waals surface area (Å²) < 4.78 is 27.6. The Labute approximate surface area is 127 Å². The highest BCUT2D eigenvalue weighted by atomic mass is 32.2. The van der Waals surface area contributed by atoms with Crippen LogP contribution in [0.4, 0.5) is 5.69 Å². The molecule has 1 aromatic carbocycles. The molecule has 1 fully saturated rings. The molecule has 1 saturated heterocycles. The molecule has 0 aromatic heterocycles. The summed E-state index contributed by atoms with van der Waals surface area (Å²) in [6.45, 7) is 9.38. The Balaban J connectivity index is 2.48. The van der Waals surface area contributed by atoms with Crippen LogP contribution in [0.15, 0.2) is 11.0 Å². The maximum absolute atomic E-state index is 13.0. The van der Waals surface area contributed by atoms with Crippen LogP contribution in [0.5, 0.6) is 0 Å². The average Bonchev–Trinajstić information content (AvgIpc) is 2.39. The fraction of sp³-hybridized carbons (Fsp3) is 0.600. The van der Waals surface area contributed by atoms with Crippen LogP contribution in [0.1, 0.15) is 23.6 Å². The molecule has 0 bridgehead atoms. The second kappa shape index (κ2) is 5.59. The van der Waals surface area contributed by atoms with Crippen molar-refractivity contribution in [1.82, 2.24) is 9.21 Å². The van der Waals surface area contributed by atoms with Gasteiger partial charge in [-0.1, -0.05) is 6.07 Å².